The Labute approximate surface area is 225 Å². The number of aromatic amines is 1. The fraction of sp³-hybridized carbons (Fsp3) is 0.138. The Kier molecular flexibility index (Phi) is 6.05. The van der Waals surface area contributed by atoms with Crippen LogP contribution >= 0.6 is 0 Å². The molecule has 4 aromatic heterocycles. The molecular formula is C29H22F3N5O3. The third kappa shape index (κ3) is 4.55. The molecule has 0 saturated carbocycles. The molecule has 11 heteroatoms. The van der Waals surface area contributed by atoms with Crippen molar-refractivity contribution in [2.75, 3.05) is 0 Å². The second-order valence-electron chi connectivity index (χ2n) is 9.22. The minimum absolute atomic E-state index is 0.0399. The number of halogens is 3. The number of alkyl halides is 3. The van der Waals surface area contributed by atoms with Gasteiger partial charge in [0.15, 0.2) is 5.76 Å². The normalized spacial score (nSPS) is 11.9. The maximum absolute atomic E-state index is 13.2. The van der Waals surface area contributed by atoms with E-state index < -0.39 is 11.9 Å². The van der Waals surface area contributed by atoms with Crippen molar-refractivity contribution in [1.82, 2.24) is 24.3 Å². The number of nitrogens with one attached hydrogen (secondary N) is 1. The number of fused-ring (bicyclic) bond motifs is 1. The van der Waals surface area contributed by atoms with E-state index in [2.05, 4.69) is 10.1 Å². The maximum Gasteiger partial charge on any atom is 0.449 e. The maximum atomic E-state index is 13.2. The van der Waals surface area contributed by atoms with E-state index in [0.29, 0.717) is 46.9 Å². The van der Waals surface area contributed by atoms with Crippen molar-refractivity contribution in [1.29, 1.82) is 0 Å². The van der Waals surface area contributed by atoms with Crippen molar-refractivity contribution in [3.63, 3.8) is 0 Å². The number of imidazole rings is 1. The summed E-state index contributed by atoms with van der Waals surface area (Å²) in [4.78, 5) is 19.1. The van der Waals surface area contributed by atoms with Gasteiger partial charge < -0.3 is 19.1 Å². The van der Waals surface area contributed by atoms with E-state index in [-0.39, 0.29) is 17.1 Å². The largest absolute Gasteiger partial charge is 0.507 e. The first-order valence-electron chi connectivity index (χ1n) is 12.4. The lowest BCUT2D eigenvalue weighted by molar-refractivity contribution is -0.152. The van der Waals surface area contributed by atoms with E-state index in [1.807, 2.05) is 17.6 Å². The summed E-state index contributed by atoms with van der Waals surface area (Å²) in [7, 11) is 0. The summed E-state index contributed by atoms with van der Waals surface area (Å²) in [6, 6.07) is 19.3. The highest BCUT2D eigenvalue weighted by Crippen LogP contribution is 2.36. The molecule has 4 heterocycles. The number of pyridine rings is 1. The van der Waals surface area contributed by atoms with E-state index in [9.17, 15) is 23.1 Å². The summed E-state index contributed by atoms with van der Waals surface area (Å²) in [6.07, 6.45) is -2.41. The van der Waals surface area contributed by atoms with Crippen LogP contribution in [0, 0.1) is 0 Å². The number of rotatable bonds is 6. The summed E-state index contributed by atoms with van der Waals surface area (Å²) in [5.41, 5.74) is 4.08. The van der Waals surface area contributed by atoms with Crippen molar-refractivity contribution < 1.29 is 22.7 Å². The Morgan fingerprint density at radius 1 is 1.02 bits per heavy atom. The van der Waals surface area contributed by atoms with Crippen molar-refractivity contribution in [3.8, 4) is 34.3 Å². The number of furan rings is 1. The van der Waals surface area contributed by atoms with Gasteiger partial charge in [-0.3, -0.25) is 4.79 Å². The zero-order valence-corrected chi connectivity index (χ0v) is 21.1. The molecule has 2 N–H and O–H groups in total. The molecule has 6 rings (SSSR count). The minimum Gasteiger partial charge on any atom is -0.507 e. The van der Waals surface area contributed by atoms with E-state index in [1.165, 1.54) is 16.8 Å². The van der Waals surface area contributed by atoms with Gasteiger partial charge in [-0.15, -0.1) is 0 Å². The Bertz CT molecular complexity index is 1890. The second-order valence-corrected chi connectivity index (χ2v) is 9.22. The first kappa shape index (κ1) is 25.2. The van der Waals surface area contributed by atoms with Gasteiger partial charge >= 0.3 is 6.18 Å². The smallest absolute Gasteiger partial charge is 0.449 e. The molecule has 0 amide bonds. The number of benzene rings is 2. The standard InChI is InChI=1S/C29H22F3N5O3/c1-2-18-13-23(25-10-11-26(40-25)29(30,31)32)37(35-18)19-8-9-22-21(14-19)34-28(20-5-3-4-6-24(20)38)36(22)16-17-7-12-27(39)33-15-17/h3-15,38H,2,16H2,1H3,(H,33,39). The predicted octanol–water partition coefficient (Wildman–Crippen LogP) is 6.17. The van der Waals surface area contributed by atoms with Gasteiger partial charge in [-0.2, -0.15) is 18.3 Å². The van der Waals surface area contributed by atoms with Gasteiger partial charge in [-0.05, 0) is 60.5 Å². The zero-order chi connectivity index (χ0) is 28.0. The van der Waals surface area contributed by atoms with Crippen LogP contribution < -0.4 is 5.56 Å². The minimum atomic E-state index is -4.60. The summed E-state index contributed by atoms with van der Waals surface area (Å²) in [5.74, 6) is -0.483. The van der Waals surface area contributed by atoms with Gasteiger partial charge in [0.25, 0.3) is 0 Å². The molecule has 0 spiro atoms. The van der Waals surface area contributed by atoms with Gasteiger partial charge in [0.1, 0.15) is 17.3 Å². The quantitative estimate of drug-likeness (QED) is 0.261. The molecule has 0 bridgehead atoms. The first-order chi connectivity index (χ1) is 19.2. The van der Waals surface area contributed by atoms with Gasteiger partial charge in [0.05, 0.1) is 34.5 Å². The molecule has 0 fully saturated rings. The van der Waals surface area contributed by atoms with E-state index in [0.717, 1.165) is 17.1 Å². The van der Waals surface area contributed by atoms with Crippen LogP contribution in [0.3, 0.4) is 0 Å². The lowest BCUT2D eigenvalue weighted by Gasteiger charge is -2.11. The number of hydrogen-bond donors (Lipinski definition) is 2. The van der Waals surface area contributed by atoms with Crippen LogP contribution in [0.4, 0.5) is 13.2 Å². The predicted molar refractivity (Wildman–Crippen MR) is 142 cm³/mol. The van der Waals surface area contributed by atoms with Crippen molar-refractivity contribution in [3.05, 3.63) is 106 Å². The molecular weight excluding hydrogens is 523 g/mol. The van der Waals surface area contributed by atoms with Crippen LogP contribution in [-0.2, 0) is 19.1 Å². The average molecular weight is 546 g/mol. The van der Waals surface area contributed by atoms with Crippen LogP contribution in [0.25, 0.3) is 39.6 Å². The van der Waals surface area contributed by atoms with Gasteiger partial charge in [0, 0.05) is 12.3 Å². The summed E-state index contributed by atoms with van der Waals surface area (Å²) >= 11 is 0. The second kappa shape index (κ2) is 9.60. The molecule has 40 heavy (non-hydrogen) atoms. The van der Waals surface area contributed by atoms with Crippen molar-refractivity contribution in [2.24, 2.45) is 0 Å². The van der Waals surface area contributed by atoms with Crippen molar-refractivity contribution >= 4 is 11.0 Å². The molecule has 6 aromatic rings. The van der Waals surface area contributed by atoms with Crippen LogP contribution in [-0.4, -0.2) is 29.4 Å². The van der Waals surface area contributed by atoms with Crippen LogP contribution in [0.5, 0.6) is 5.75 Å². The number of phenolic OH excluding ortho intramolecular Hbond substituents is 1. The van der Waals surface area contributed by atoms with Crippen LogP contribution in [0.15, 0.2) is 88.2 Å². The fourth-order valence-electron chi connectivity index (χ4n) is 4.61. The first-order valence-corrected chi connectivity index (χ1v) is 12.4. The zero-order valence-electron chi connectivity index (χ0n) is 21.1. The van der Waals surface area contributed by atoms with Gasteiger partial charge in [-0.1, -0.05) is 25.1 Å². The molecule has 0 aliphatic heterocycles. The van der Waals surface area contributed by atoms with Crippen LogP contribution in [0.1, 0.15) is 23.9 Å². The van der Waals surface area contributed by atoms with E-state index in [4.69, 9.17) is 9.40 Å². The number of phenols is 1. The molecule has 8 nitrogen and oxygen atoms in total. The number of aromatic hydroxyl groups is 1. The highest BCUT2D eigenvalue weighted by atomic mass is 19.4. The number of H-pyrrole nitrogens is 1. The third-order valence-electron chi connectivity index (χ3n) is 6.57. The third-order valence-corrected chi connectivity index (χ3v) is 6.57. The van der Waals surface area contributed by atoms with E-state index in [1.54, 1.807) is 54.7 Å². The summed E-state index contributed by atoms with van der Waals surface area (Å²) in [5, 5.41) is 15.2. The molecule has 0 atom stereocenters. The van der Waals surface area contributed by atoms with Gasteiger partial charge in [0.2, 0.25) is 11.3 Å². The van der Waals surface area contributed by atoms with E-state index >= 15 is 0 Å². The molecule has 2 aromatic carbocycles. The molecule has 202 valence electrons. The Balaban J connectivity index is 1.50. The summed E-state index contributed by atoms with van der Waals surface area (Å²) in [6.45, 7) is 2.26. The van der Waals surface area contributed by atoms with Crippen molar-refractivity contribution in [2.45, 2.75) is 26.1 Å². The van der Waals surface area contributed by atoms with Crippen LogP contribution in [0.2, 0.25) is 0 Å². The topological polar surface area (TPSA) is 102 Å². The lowest BCUT2D eigenvalue weighted by atomic mass is 10.2. The number of nitrogens with zero attached hydrogens (tertiary/aromatic N) is 4. The fourth-order valence-corrected chi connectivity index (χ4v) is 4.61. The molecule has 0 radical (unpaired) electrons. The molecule has 0 saturated heterocycles. The Morgan fingerprint density at radius 3 is 2.55 bits per heavy atom. The molecule has 0 unspecified atom stereocenters. The molecule has 0 aliphatic carbocycles. The number of aryl methyl sites for hydroxylation is 1. The Hall–Kier alpha value is -5.06. The highest BCUT2D eigenvalue weighted by molar-refractivity contribution is 5.84. The average Bonchev–Trinajstić information content (AvgIpc) is 3.67. The number of para-hydroxylation sites is 1. The lowest BCUT2D eigenvalue weighted by Crippen LogP contribution is -2.07. The number of aromatic nitrogens is 5. The monoisotopic (exact) mass is 545 g/mol. The summed E-state index contributed by atoms with van der Waals surface area (Å²) < 4.78 is 48.2. The number of hydrogen-bond acceptors (Lipinski definition) is 5. The SMILES string of the molecule is CCc1cc(-c2ccc(C(F)(F)F)o2)n(-c2ccc3c(c2)nc(-c2ccccc2O)n3Cc2ccc(=O)[nH]c2)n1. The highest BCUT2D eigenvalue weighted by Gasteiger charge is 2.35. The Morgan fingerprint density at radius 2 is 1.85 bits per heavy atom. The van der Waals surface area contributed by atoms with Gasteiger partial charge in [-0.25, -0.2) is 9.67 Å². The molecule has 0 aliphatic rings.